The van der Waals surface area contributed by atoms with Crippen molar-refractivity contribution in [3.8, 4) is 0 Å². The first-order valence-electron chi connectivity index (χ1n) is 8.84. The molecule has 2 aliphatic rings. The van der Waals surface area contributed by atoms with Gasteiger partial charge in [0.1, 0.15) is 17.5 Å². The fourth-order valence-corrected chi connectivity index (χ4v) is 5.00. The average Bonchev–Trinajstić information content (AvgIpc) is 2.88. The van der Waals surface area contributed by atoms with Crippen molar-refractivity contribution in [2.24, 2.45) is 0 Å². The van der Waals surface area contributed by atoms with Gasteiger partial charge in [-0.2, -0.15) is 0 Å². The van der Waals surface area contributed by atoms with Crippen molar-refractivity contribution < 1.29 is 28.7 Å². The number of carbonyl (C=O) groups is 4. The van der Waals surface area contributed by atoms with Gasteiger partial charge in [0, 0.05) is 11.7 Å². The molecule has 8 nitrogen and oxygen atoms in total. The third-order valence-corrected chi connectivity index (χ3v) is 6.22. The van der Waals surface area contributed by atoms with Gasteiger partial charge in [-0.05, 0) is 19.4 Å². The third kappa shape index (κ3) is 3.99. The molecular weight excluding hydrogens is 384 g/mol. The number of ether oxygens (including phenoxy) is 2. The Balaban J connectivity index is 1.61. The largest absolute Gasteiger partial charge is 0.428 e. The lowest BCUT2D eigenvalue weighted by Crippen LogP contribution is -2.70. The number of carbonyl (C=O) groups excluding carboxylic acids is 4. The minimum atomic E-state index is -0.812. The second-order valence-electron chi connectivity index (χ2n) is 7.18. The molecule has 2 amide bonds. The molecule has 2 fully saturated rings. The van der Waals surface area contributed by atoms with E-state index in [4.69, 9.17) is 4.74 Å². The maximum atomic E-state index is 12.6. The van der Waals surface area contributed by atoms with Crippen LogP contribution < -0.4 is 5.32 Å². The van der Waals surface area contributed by atoms with Crippen LogP contribution in [-0.2, 0) is 35.1 Å². The third-order valence-electron chi connectivity index (χ3n) is 4.65. The van der Waals surface area contributed by atoms with Crippen LogP contribution in [0.25, 0.3) is 0 Å². The predicted molar refractivity (Wildman–Crippen MR) is 101 cm³/mol. The highest BCUT2D eigenvalue weighted by Gasteiger charge is 2.64. The molecule has 3 rings (SSSR count). The van der Waals surface area contributed by atoms with Crippen molar-refractivity contribution in [1.29, 1.82) is 0 Å². The molecule has 9 heteroatoms. The van der Waals surface area contributed by atoms with E-state index in [1.807, 2.05) is 44.2 Å². The van der Waals surface area contributed by atoms with Crippen molar-refractivity contribution in [2.75, 3.05) is 6.79 Å². The number of rotatable bonds is 6. The molecule has 2 heterocycles. The number of thioether (sulfide) groups is 1. The summed E-state index contributed by atoms with van der Waals surface area (Å²) in [7, 11) is 0. The molecule has 1 N–H and O–H groups in total. The molecule has 28 heavy (non-hydrogen) atoms. The lowest BCUT2D eigenvalue weighted by molar-refractivity contribution is -0.175. The van der Waals surface area contributed by atoms with E-state index in [9.17, 15) is 19.2 Å². The van der Waals surface area contributed by atoms with Gasteiger partial charge < -0.3 is 19.7 Å². The van der Waals surface area contributed by atoms with Gasteiger partial charge in [-0.1, -0.05) is 30.3 Å². The maximum Gasteiger partial charge on any atom is 0.333 e. The van der Waals surface area contributed by atoms with Gasteiger partial charge in [-0.15, -0.1) is 11.8 Å². The number of hydrogen-bond acceptors (Lipinski definition) is 7. The summed E-state index contributed by atoms with van der Waals surface area (Å²) in [5.41, 5.74) is 0.856. The summed E-state index contributed by atoms with van der Waals surface area (Å²) in [5.74, 6) is -1.77. The predicted octanol–water partition coefficient (Wildman–Crippen LogP) is 0.840. The number of β-lactam (4-membered cyclic amide) rings is 1. The van der Waals surface area contributed by atoms with Gasteiger partial charge in [-0.3, -0.25) is 14.4 Å². The van der Waals surface area contributed by atoms with Gasteiger partial charge in [0.2, 0.25) is 18.6 Å². The second kappa shape index (κ2) is 7.83. The Hall–Kier alpha value is -2.55. The highest BCUT2D eigenvalue weighted by molar-refractivity contribution is 8.01. The van der Waals surface area contributed by atoms with Crippen LogP contribution in [0.3, 0.4) is 0 Å². The molecule has 2 aliphatic heterocycles. The van der Waals surface area contributed by atoms with E-state index < -0.39 is 35.6 Å². The topological polar surface area (TPSA) is 102 Å². The Morgan fingerprint density at radius 1 is 1.18 bits per heavy atom. The number of benzene rings is 1. The van der Waals surface area contributed by atoms with Gasteiger partial charge >= 0.3 is 11.9 Å². The molecule has 1 aromatic rings. The molecular formula is C19H22N2O6S. The van der Waals surface area contributed by atoms with Crippen molar-refractivity contribution in [2.45, 2.75) is 49.4 Å². The fourth-order valence-electron chi connectivity index (χ4n) is 3.38. The normalized spacial score (nSPS) is 24.8. The van der Waals surface area contributed by atoms with E-state index in [2.05, 4.69) is 10.1 Å². The number of nitrogens with zero attached hydrogens (tertiary/aromatic N) is 1. The molecule has 150 valence electrons. The summed E-state index contributed by atoms with van der Waals surface area (Å²) in [5, 5.41) is 2.43. The Morgan fingerprint density at radius 2 is 1.86 bits per heavy atom. The number of amides is 2. The van der Waals surface area contributed by atoms with Crippen molar-refractivity contribution in [3.05, 3.63) is 35.9 Å². The lowest BCUT2D eigenvalue weighted by Gasteiger charge is -2.43. The molecule has 3 atom stereocenters. The number of nitrogens with one attached hydrogen (secondary N) is 1. The van der Waals surface area contributed by atoms with E-state index in [0.717, 1.165) is 5.56 Å². The standard InChI is InChI=1S/C19H22N2O6S/c1-11(22)26-10-27-18(25)15-19(2,3)28-17-14(16(24)21(15)17)20-13(23)9-12-7-5-4-6-8-12/h4-8,14-15,17H,9-10H2,1-3H3,(H,20,23)/t14-,15+,17-/m1/s1. The van der Waals surface area contributed by atoms with Crippen LogP contribution >= 0.6 is 11.8 Å². The fraction of sp³-hybridized carbons (Fsp3) is 0.474. The molecule has 0 aromatic heterocycles. The Kier molecular flexibility index (Phi) is 5.64. The minimum absolute atomic E-state index is 0.180. The number of hydrogen-bond donors (Lipinski definition) is 1. The zero-order chi connectivity index (χ0) is 20.5. The van der Waals surface area contributed by atoms with Crippen LogP contribution in [0.5, 0.6) is 0 Å². The smallest absolute Gasteiger partial charge is 0.333 e. The Morgan fingerprint density at radius 3 is 2.50 bits per heavy atom. The van der Waals surface area contributed by atoms with E-state index in [1.165, 1.54) is 23.6 Å². The monoisotopic (exact) mass is 406 g/mol. The van der Waals surface area contributed by atoms with E-state index in [1.54, 1.807) is 0 Å². The first-order valence-corrected chi connectivity index (χ1v) is 9.72. The zero-order valence-electron chi connectivity index (χ0n) is 15.8. The number of esters is 2. The highest BCUT2D eigenvalue weighted by Crippen LogP contribution is 2.51. The van der Waals surface area contributed by atoms with Crippen LogP contribution in [-0.4, -0.2) is 57.7 Å². The molecule has 1 aromatic carbocycles. The first kappa shape index (κ1) is 20.2. The molecule has 0 radical (unpaired) electrons. The molecule has 0 saturated carbocycles. The summed E-state index contributed by atoms with van der Waals surface area (Å²) in [6.07, 6.45) is 0.180. The second-order valence-corrected chi connectivity index (χ2v) is 8.96. The molecule has 0 aliphatic carbocycles. The van der Waals surface area contributed by atoms with E-state index in [-0.39, 0.29) is 23.6 Å². The molecule has 0 bridgehead atoms. The van der Waals surface area contributed by atoms with Crippen molar-refractivity contribution in [3.63, 3.8) is 0 Å². The van der Waals surface area contributed by atoms with Gasteiger partial charge in [0.15, 0.2) is 0 Å². The summed E-state index contributed by atoms with van der Waals surface area (Å²) < 4.78 is 9.02. The van der Waals surface area contributed by atoms with Crippen LogP contribution in [0, 0.1) is 0 Å². The van der Waals surface area contributed by atoms with Crippen molar-refractivity contribution >= 4 is 35.5 Å². The van der Waals surface area contributed by atoms with Crippen LogP contribution in [0.15, 0.2) is 30.3 Å². The lowest BCUT2D eigenvalue weighted by atomic mass is 9.96. The Labute approximate surface area is 166 Å². The molecule has 2 saturated heterocycles. The van der Waals surface area contributed by atoms with Crippen LogP contribution in [0.4, 0.5) is 0 Å². The van der Waals surface area contributed by atoms with Gasteiger partial charge in [-0.25, -0.2) is 4.79 Å². The van der Waals surface area contributed by atoms with Gasteiger partial charge in [0.25, 0.3) is 0 Å². The van der Waals surface area contributed by atoms with E-state index >= 15 is 0 Å². The molecule has 0 unspecified atom stereocenters. The van der Waals surface area contributed by atoms with Crippen LogP contribution in [0.1, 0.15) is 26.3 Å². The zero-order valence-corrected chi connectivity index (χ0v) is 16.7. The van der Waals surface area contributed by atoms with Crippen LogP contribution in [0.2, 0.25) is 0 Å². The van der Waals surface area contributed by atoms with Gasteiger partial charge in [0.05, 0.1) is 6.42 Å². The van der Waals surface area contributed by atoms with Crippen molar-refractivity contribution in [1.82, 2.24) is 10.2 Å². The minimum Gasteiger partial charge on any atom is -0.428 e. The summed E-state index contributed by atoms with van der Waals surface area (Å²) in [4.78, 5) is 49.6. The van der Waals surface area contributed by atoms with E-state index in [0.29, 0.717) is 0 Å². The Bertz CT molecular complexity index is 797. The highest BCUT2D eigenvalue weighted by atomic mass is 32.2. The molecule has 0 spiro atoms. The quantitative estimate of drug-likeness (QED) is 0.424. The first-order chi connectivity index (χ1) is 13.2. The SMILES string of the molecule is CC(=O)OCOC(=O)[C@@H]1N2C(=O)[C@@H](NC(=O)Cc3ccccc3)[C@H]2SC1(C)C. The average molecular weight is 406 g/mol. The summed E-state index contributed by atoms with van der Waals surface area (Å²) in [6, 6.07) is 7.76. The summed E-state index contributed by atoms with van der Waals surface area (Å²) >= 11 is 1.44. The summed E-state index contributed by atoms with van der Waals surface area (Å²) in [6.45, 7) is 4.39. The number of fused-ring (bicyclic) bond motifs is 1. The maximum absolute atomic E-state index is 12.6.